The molecule has 1 aromatic carbocycles. The molecule has 25 heavy (non-hydrogen) atoms. The molecule has 1 atom stereocenters. The third-order valence-electron chi connectivity index (χ3n) is 4.06. The standard InChI is InChI=1S/C18H24N4O2S/c1-18(2,3)8-15(23)22-11-25-10-14(22)17-20-16(21-24-17)13-6-4-12(9-19)5-7-13/h4-7,14H,8-11,19H2,1-3H3. The van der Waals surface area contributed by atoms with Gasteiger partial charge in [-0.25, -0.2) is 0 Å². The fraction of sp³-hybridized carbons (Fsp3) is 0.500. The highest BCUT2D eigenvalue weighted by Gasteiger charge is 2.35. The second-order valence-corrected chi connectivity index (χ2v) is 8.47. The number of nitrogens with two attached hydrogens (primary N) is 1. The summed E-state index contributed by atoms with van der Waals surface area (Å²) in [6, 6.07) is 7.63. The van der Waals surface area contributed by atoms with Crippen LogP contribution in [0.3, 0.4) is 0 Å². The summed E-state index contributed by atoms with van der Waals surface area (Å²) in [5, 5.41) is 4.09. The van der Waals surface area contributed by atoms with Crippen LogP contribution in [0.2, 0.25) is 0 Å². The van der Waals surface area contributed by atoms with Gasteiger partial charge < -0.3 is 15.2 Å². The van der Waals surface area contributed by atoms with Gasteiger partial charge in [-0.3, -0.25) is 4.79 Å². The Morgan fingerprint density at radius 2 is 2.08 bits per heavy atom. The molecule has 1 aliphatic rings. The minimum Gasteiger partial charge on any atom is -0.337 e. The molecule has 2 N–H and O–H groups in total. The molecule has 1 amide bonds. The van der Waals surface area contributed by atoms with E-state index >= 15 is 0 Å². The summed E-state index contributed by atoms with van der Waals surface area (Å²) < 4.78 is 5.48. The van der Waals surface area contributed by atoms with Crippen molar-refractivity contribution in [3.63, 3.8) is 0 Å². The number of carbonyl (C=O) groups excluding carboxylic acids is 1. The predicted octanol–water partition coefficient (Wildman–Crippen LogP) is 3.21. The van der Waals surface area contributed by atoms with E-state index in [9.17, 15) is 4.79 Å². The fourth-order valence-corrected chi connectivity index (χ4v) is 3.90. The van der Waals surface area contributed by atoms with Crippen LogP contribution < -0.4 is 5.73 Å². The van der Waals surface area contributed by atoms with Gasteiger partial charge in [0.05, 0.1) is 5.88 Å². The Labute approximate surface area is 152 Å². The molecule has 1 unspecified atom stereocenters. The molecule has 0 aliphatic carbocycles. The van der Waals surface area contributed by atoms with E-state index in [0.29, 0.717) is 30.6 Å². The summed E-state index contributed by atoms with van der Waals surface area (Å²) in [6.07, 6.45) is 0.506. The highest BCUT2D eigenvalue weighted by atomic mass is 32.2. The maximum Gasteiger partial charge on any atom is 0.250 e. The number of aromatic nitrogens is 2. The largest absolute Gasteiger partial charge is 0.337 e. The van der Waals surface area contributed by atoms with Gasteiger partial charge in [-0.15, -0.1) is 11.8 Å². The van der Waals surface area contributed by atoms with Crippen LogP contribution in [-0.4, -0.2) is 32.6 Å². The molecule has 2 heterocycles. The maximum absolute atomic E-state index is 12.6. The first-order chi connectivity index (χ1) is 11.9. The highest BCUT2D eigenvalue weighted by molar-refractivity contribution is 7.99. The molecule has 1 aromatic heterocycles. The van der Waals surface area contributed by atoms with E-state index in [0.717, 1.165) is 16.9 Å². The Hall–Kier alpha value is -1.86. The van der Waals surface area contributed by atoms with Crippen molar-refractivity contribution in [2.75, 3.05) is 11.6 Å². The van der Waals surface area contributed by atoms with Crippen molar-refractivity contribution in [3.05, 3.63) is 35.7 Å². The molecule has 6 nitrogen and oxygen atoms in total. The summed E-state index contributed by atoms with van der Waals surface area (Å²) in [6.45, 7) is 6.71. The van der Waals surface area contributed by atoms with E-state index < -0.39 is 0 Å². The van der Waals surface area contributed by atoms with Crippen LogP contribution in [0.25, 0.3) is 11.4 Å². The summed E-state index contributed by atoms with van der Waals surface area (Å²) in [7, 11) is 0. The monoisotopic (exact) mass is 360 g/mol. The molecule has 2 aromatic rings. The number of thioether (sulfide) groups is 1. The molecule has 3 rings (SSSR count). The van der Waals surface area contributed by atoms with Gasteiger partial charge in [0.25, 0.3) is 5.89 Å². The number of amides is 1. The Balaban J connectivity index is 1.77. The number of rotatable bonds is 4. The summed E-state index contributed by atoms with van der Waals surface area (Å²) in [4.78, 5) is 19.0. The van der Waals surface area contributed by atoms with Crippen LogP contribution in [-0.2, 0) is 11.3 Å². The number of carbonyl (C=O) groups is 1. The van der Waals surface area contributed by atoms with Gasteiger partial charge in [0, 0.05) is 24.3 Å². The van der Waals surface area contributed by atoms with E-state index in [4.69, 9.17) is 10.3 Å². The average Bonchev–Trinajstić information content (AvgIpc) is 3.22. The number of benzene rings is 1. The van der Waals surface area contributed by atoms with Crippen molar-refractivity contribution in [1.82, 2.24) is 15.0 Å². The zero-order valence-corrected chi connectivity index (χ0v) is 15.7. The van der Waals surface area contributed by atoms with Crippen molar-refractivity contribution in [2.45, 2.75) is 39.8 Å². The molecule has 134 valence electrons. The SMILES string of the molecule is CC(C)(C)CC(=O)N1CSCC1c1nc(-c2ccc(CN)cc2)no1. The normalized spacial score (nSPS) is 17.9. The molecule has 0 radical (unpaired) electrons. The third kappa shape index (κ3) is 4.22. The fourth-order valence-electron chi connectivity index (χ4n) is 2.73. The van der Waals surface area contributed by atoms with Crippen molar-refractivity contribution in [2.24, 2.45) is 11.1 Å². The van der Waals surface area contributed by atoms with E-state index in [1.165, 1.54) is 0 Å². The summed E-state index contributed by atoms with van der Waals surface area (Å²) >= 11 is 1.71. The van der Waals surface area contributed by atoms with E-state index in [1.54, 1.807) is 11.8 Å². The highest BCUT2D eigenvalue weighted by Crippen LogP contribution is 2.35. The Bertz CT molecular complexity index is 736. The first kappa shape index (κ1) is 17.9. The zero-order valence-electron chi connectivity index (χ0n) is 14.9. The molecule has 0 bridgehead atoms. The van der Waals surface area contributed by atoms with Crippen LogP contribution in [0, 0.1) is 5.41 Å². The lowest BCUT2D eigenvalue weighted by Crippen LogP contribution is -2.33. The van der Waals surface area contributed by atoms with Crippen molar-refractivity contribution < 1.29 is 9.32 Å². The minimum atomic E-state index is -0.149. The minimum absolute atomic E-state index is 0.0420. The lowest BCUT2D eigenvalue weighted by molar-refractivity contribution is -0.134. The summed E-state index contributed by atoms with van der Waals surface area (Å²) in [5.74, 6) is 2.63. The van der Waals surface area contributed by atoms with Crippen LogP contribution >= 0.6 is 11.8 Å². The molecule has 1 saturated heterocycles. The van der Waals surface area contributed by atoms with Gasteiger partial charge in [0.1, 0.15) is 6.04 Å². The van der Waals surface area contributed by atoms with E-state index in [2.05, 4.69) is 30.9 Å². The predicted molar refractivity (Wildman–Crippen MR) is 98.6 cm³/mol. The van der Waals surface area contributed by atoms with Gasteiger partial charge in [-0.05, 0) is 11.0 Å². The van der Waals surface area contributed by atoms with Gasteiger partial charge in [-0.1, -0.05) is 50.2 Å². The van der Waals surface area contributed by atoms with Crippen molar-refractivity contribution >= 4 is 17.7 Å². The smallest absolute Gasteiger partial charge is 0.250 e. The second kappa shape index (κ2) is 7.17. The molecule has 1 fully saturated rings. The lowest BCUT2D eigenvalue weighted by Gasteiger charge is -2.25. The number of nitrogens with zero attached hydrogens (tertiary/aromatic N) is 3. The summed E-state index contributed by atoms with van der Waals surface area (Å²) in [5.41, 5.74) is 7.52. The Morgan fingerprint density at radius 1 is 1.36 bits per heavy atom. The zero-order chi connectivity index (χ0) is 18.0. The quantitative estimate of drug-likeness (QED) is 0.901. The van der Waals surface area contributed by atoms with Crippen LogP contribution in [0.5, 0.6) is 0 Å². The van der Waals surface area contributed by atoms with Gasteiger partial charge >= 0.3 is 0 Å². The third-order valence-corrected chi connectivity index (χ3v) is 5.07. The average molecular weight is 360 g/mol. The van der Waals surface area contributed by atoms with Crippen LogP contribution in [0.1, 0.15) is 44.7 Å². The van der Waals surface area contributed by atoms with Crippen molar-refractivity contribution in [1.29, 1.82) is 0 Å². The van der Waals surface area contributed by atoms with Crippen molar-refractivity contribution in [3.8, 4) is 11.4 Å². The lowest BCUT2D eigenvalue weighted by atomic mass is 9.91. The molecule has 0 saturated carbocycles. The van der Waals surface area contributed by atoms with Gasteiger partial charge in [0.2, 0.25) is 11.7 Å². The first-order valence-electron chi connectivity index (χ1n) is 8.37. The topological polar surface area (TPSA) is 85.2 Å². The number of hydrogen-bond donors (Lipinski definition) is 1. The Kier molecular flexibility index (Phi) is 5.15. The molecular formula is C18H24N4O2S. The molecular weight excluding hydrogens is 336 g/mol. The van der Waals surface area contributed by atoms with Crippen LogP contribution in [0.4, 0.5) is 0 Å². The Morgan fingerprint density at radius 3 is 2.72 bits per heavy atom. The molecule has 1 aliphatic heterocycles. The maximum atomic E-state index is 12.6. The second-order valence-electron chi connectivity index (χ2n) is 7.47. The molecule has 0 spiro atoms. The van der Waals surface area contributed by atoms with E-state index in [1.807, 2.05) is 29.2 Å². The first-order valence-corrected chi connectivity index (χ1v) is 9.53. The van der Waals surface area contributed by atoms with Gasteiger partial charge in [-0.2, -0.15) is 4.98 Å². The van der Waals surface area contributed by atoms with Crippen LogP contribution in [0.15, 0.2) is 28.8 Å². The van der Waals surface area contributed by atoms with Gasteiger partial charge in [0.15, 0.2) is 0 Å². The van der Waals surface area contributed by atoms with E-state index in [-0.39, 0.29) is 17.4 Å². The molecule has 7 heteroatoms. The number of hydrogen-bond acceptors (Lipinski definition) is 6.